The standard InChI is InChI=1S/C20H29N3O2/c24-19(14-16-6-2-3-7-16)21-17-8-10-18(11-9-17)22-20(25)15-23-12-4-1-5-13-23/h8-11,16H,1-7,12-15H2,(H,21,24)(H,22,25). The second kappa shape index (κ2) is 8.99. The topological polar surface area (TPSA) is 61.4 Å². The van der Waals surface area contributed by atoms with Crippen LogP contribution in [0.5, 0.6) is 0 Å². The normalized spacial score (nSPS) is 18.9. The molecular formula is C20H29N3O2. The highest BCUT2D eigenvalue weighted by atomic mass is 16.2. The van der Waals surface area contributed by atoms with Crippen LogP contribution >= 0.6 is 0 Å². The van der Waals surface area contributed by atoms with Crippen LogP contribution in [0.25, 0.3) is 0 Å². The third-order valence-electron chi connectivity index (χ3n) is 5.22. The van der Waals surface area contributed by atoms with E-state index in [1.165, 1.54) is 44.9 Å². The van der Waals surface area contributed by atoms with E-state index in [9.17, 15) is 9.59 Å². The maximum atomic E-state index is 12.1. The Balaban J connectivity index is 1.43. The molecule has 3 rings (SSSR count). The fourth-order valence-corrected chi connectivity index (χ4v) is 3.85. The van der Waals surface area contributed by atoms with Crippen molar-refractivity contribution in [1.82, 2.24) is 4.90 Å². The van der Waals surface area contributed by atoms with Gasteiger partial charge in [-0.2, -0.15) is 0 Å². The largest absolute Gasteiger partial charge is 0.326 e. The van der Waals surface area contributed by atoms with Crippen LogP contribution in [-0.4, -0.2) is 36.3 Å². The molecule has 25 heavy (non-hydrogen) atoms. The Labute approximate surface area is 150 Å². The van der Waals surface area contributed by atoms with Crippen molar-refractivity contribution in [2.45, 2.75) is 51.4 Å². The SMILES string of the molecule is O=C(CC1CCCC1)Nc1ccc(NC(=O)CN2CCCCC2)cc1. The van der Waals surface area contributed by atoms with Gasteiger partial charge in [-0.15, -0.1) is 0 Å². The summed E-state index contributed by atoms with van der Waals surface area (Å²) >= 11 is 0. The van der Waals surface area contributed by atoms with E-state index in [1.54, 1.807) is 0 Å². The maximum Gasteiger partial charge on any atom is 0.238 e. The lowest BCUT2D eigenvalue weighted by atomic mass is 10.0. The minimum absolute atomic E-state index is 0.0277. The Hall–Kier alpha value is -1.88. The summed E-state index contributed by atoms with van der Waals surface area (Å²) in [6, 6.07) is 7.39. The molecule has 1 heterocycles. The number of nitrogens with one attached hydrogen (secondary N) is 2. The van der Waals surface area contributed by atoms with Crippen molar-refractivity contribution in [2.24, 2.45) is 5.92 Å². The van der Waals surface area contributed by atoms with E-state index in [-0.39, 0.29) is 11.8 Å². The Morgan fingerprint density at radius 1 is 0.840 bits per heavy atom. The van der Waals surface area contributed by atoms with Crippen LogP contribution in [0.15, 0.2) is 24.3 Å². The number of hydrogen-bond donors (Lipinski definition) is 2. The van der Waals surface area contributed by atoms with E-state index in [0.717, 1.165) is 24.5 Å². The minimum atomic E-state index is 0.0277. The number of carbonyl (C=O) groups is 2. The highest BCUT2D eigenvalue weighted by Gasteiger charge is 2.18. The number of hydrogen-bond acceptors (Lipinski definition) is 3. The number of amides is 2. The van der Waals surface area contributed by atoms with Crippen LogP contribution in [0, 0.1) is 5.92 Å². The molecule has 136 valence electrons. The lowest BCUT2D eigenvalue weighted by Gasteiger charge is -2.25. The molecule has 0 bridgehead atoms. The van der Waals surface area contributed by atoms with Gasteiger partial charge in [0.2, 0.25) is 11.8 Å². The van der Waals surface area contributed by atoms with Crippen LogP contribution in [0.3, 0.4) is 0 Å². The number of benzene rings is 1. The lowest BCUT2D eigenvalue weighted by Crippen LogP contribution is -2.36. The first-order chi connectivity index (χ1) is 12.2. The van der Waals surface area contributed by atoms with Gasteiger partial charge in [-0.1, -0.05) is 19.3 Å². The van der Waals surface area contributed by atoms with Gasteiger partial charge in [-0.05, 0) is 69.0 Å². The summed E-state index contributed by atoms with van der Waals surface area (Å²) in [6.45, 7) is 2.48. The molecule has 1 aliphatic carbocycles. The summed E-state index contributed by atoms with van der Waals surface area (Å²) in [4.78, 5) is 26.4. The van der Waals surface area contributed by atoms with Gasteiger partial charge in [-0.3, -0.25) is 14.5 Å². The molecule has 2 amide bonds. The maximum absolute atomic E-state index is 12.1. The first-order valence-corrected chi connectivity index (χ1v) is 9.61. The Morgan fingerprint density at radius 2 is 1.40 bits per heavy atom. The number of anilines is 2. The van der Waals surface area contributed by atoms with Gasteiger partial charge in [0.1, 0.15) is 0 Å². The van der Waals surface area contributed by atoms with Crippen LogP contribution < -0.4 is 10.6 Å². The van der Waals surface area contributed by atoms with E-state index in [0.29, 0.717) is 18.9 Å². The third-order valence-corrected chi connectivity index (χ3v) is 5.22. The van der Waals surface area contributed by atoms with E-state index in [1.807, 2.05) is 24.3 Å². The summed E-state index contributed by atoms with van der Waals surface area (Å²) in [6.07, 6.45) is 9.11. The number of likely N-dealkylation sites (tertiary alicyclic amines) is 1. The van der Waals surface area contributed by atoms with Gasteiger partial charge in [0.25, 0.3) is 0 Å². The molecule has 1 saturated carbocycles. The Kier molecular flexibility index (Phi) is 6.45. The fraction of sp³-hybridized carbons (Fsp3) is 0.600. The predicted molar refractivity (Wildman–Crippen MR) is 101 cm³/mol. The van der Waals surface area contributed by atoms with Crippen molar-refractivity contribution in [3.05, 3.63) is 24.3 Å². The zero-order chi connectivity index (χ0) is 17.5. The van der Waals surface area contributed by atoms with Crippen molar-refractivity contribution in [3.8, 4) is 0 Å². The molecule has 5 nitrogen and oxygen atoms in total. The summed E-state index contributed by atoms with van der Waals surface area (Å²) in [7, 11) is 0. The molecule has 0 atom stereocenters. The fourth-order valence-electron chi connectivity index (χ4n) is 3.85. The molecule has 2 N–H and O–H groups in total. The molecule has 5 heteroatoms. The number of rotatable bonds is 6. The second-order valence-electron chi connectivity index (χ2n) is 7.37. The summed E-state index contributed by atoms with van der Waals surface area (Å²) in [5.74, 6) is 0.669. The summed E-state index contributed by atoms with van der Waals surface area (Å²) < 4.78 is 0. The Morgan fingerprint density at radius 3 is 2.00 bits per heavy atom. The molecule has 2 aliphatic rings. The monoisotopic (exact) mass is 343 g/mol. The molecule has 2 fully saturated rings. The van der Waals surface area contributed by atoms with E-state index in [2.05, 4.69) is 15.5 Å². The predicted octanol–water partition coefficient (Wildman–Crippen LogP) is 3.63. The first kappa shape index (κ1) is 17.9. The van der Waals surface area contributed by atoms with Gasteiger partial charge in [0, 0.05) is 17.8 Å². The molecule has 1 aliphatic heterocycles. The van der Waals surface area contributed by atoms with Crippen molar-refractivity contribution in [1.29, 1.82) is 0 Å². The van der Waals surface area contributed by atoms with Crippen LogP contribution in [0.2, 0.25) is 0 Å². The highest BCUT2D eigenvalue weighted by molar-refractivity contribution is 5.93. The van der Waals surface area contributed by atoms with E-state index >= 15 is 0 Å². The van der Waals surface area contributed by atoms with Crippen LogP contribution in [0.4, 0.5) is 11.4 Å². The van der Waals surface area contributed by atoms with Gasteiger partial charge < -0.3 is 10.6 Å². The lowest BCUT2D eigenvalue weighted by molar-refractivity contribution is -0.118. The molecule has 1 aromatic carbocycles. The third kappa shape index (κ3) is 5.85. The average Bonchev–Trinajstić information content (AvgIpc) is 3.10. The minimum Gasteiger partial charge on any atom is -0.326 e. The molecule has 0 radical (unpaired) electrons. The van der Waals surface area contributed by atoms with Crippen molar-refractivity contribution < 1.29 is 9.59 Å². The quantitative estimate of drug-likeness (QED) is 0.829. The summed E-state index contributed by atoms with van der Waals surface area (Å²) in [5.41, 5.74) is 1.56. The van der Waals surface area contributed by atoms with Crippen LogP contribution in [-0.2, 0) is 9.59 Å². The zero-order valence-corrected chi connectivity index (χ0v) is 14.9. The number of piperidine rings is 1. The first-order valence-electron chi connectivity index (χ1n) is 9.61. The molecule has 0 spiro atoms. The van der Waals surface area contributed by atoms with Crippen molar-refractivity contribution >= 4 is 23.2 Å². The average molecular weight is 343 g/mol. The van der Waals surface area contributed by atoms with Crippen molar-refractivity contribution in [2.75, 3.05) is 30.3 Å². The Bertz CT molecular complexity index is 573. The highest BCUT2D eigenvalue weighted by Crippen LogP contribution is 2.27. The van der Waals surface area contributed by atoms with Gasteiger partial charge in [0.05, 0.1) is 6.54 Å². The molecule has 0 aromatic heterocycles. The smallest absolute Gasteiger partial charge is 0.238 e. The molecule has 1 saturated heterocycles. The zero-order valence-electron chi connectivity index (χ0n) is 14.9. The second-order valence-corrected chi connectivity index (χ2v) is 7.37. The van der Waals surface area contributed by atoms with Gasteiger partial charge in [0.15, 0.2) is 0 Å². The van der Waals surface area contributed by atoms with E-state index in [4.69, 9.17) is 0 Å². The van der Waals surface area contributed by atoms with Crippen LogP contribution in [0.1, 0.15) is 51.4 Å². The molecular weight excluding hydrogens is 314 g/mol. The molecule has 1 aromatic rings. The van der Waals surface area contributed by atoms with Gasteiger partial charge in [-0.25, -0.2) is 0 Å². The molecule has 0 unspecified atom stereocenters. The van der Waals surface area contributed by atoms with Crippen molar-refractivity contribution in [3.63, 3.8) is 0 Å². The van der Waals surface area contributed by atoms with E-state index < -0.39 is 0 Å². The number of nitrogens with zero attached hydrogens (tertiary/aromatic N) is 1. The summed E-state index contributed by atoms with van der Waals surface area (Å²) in [5, 5.41) is 5.89. The number of carbonyl (C=O) groups excluding carboxylic acids is 2. The van der Waals surface area contributed by atoms with Gasteiger partial charge >= 0.3 is 0 Å².